The molecule has 0 aromatic rings. The highest BCUT2D eigenvalue weighted by molar-refractivity contribution is 5.81. The molecule has 64 valence electrons. The fourth-order valence-corrected chi connectivity index (χ4v) is 1.03. The van der Waals surface area contributed by atoms with E-state index in [2.05, 4.69) is 10.6 Å². The highest BCUT2D eigenvalue weighted by Gasteiger charge is 2.19. The first-order valence-corrected chi connectivity index (χ1v) is 3.93. The molecular formula is C7H14N2O2. The van der Waals surface area contributed by atoms with Crippen LogP contribution in [0.5, 0.6) is 0 Å². The molecule has 0 radical (unpaired) electrons. The number of amides is 1. The maximum absolute atomic E-state index is 11.1. The summed E-state index contributed by atoms with van der Waals surface area (Å²) in [6, 6.07) is -0.149. The number of morpholine rings is 1. The molecule has 1 heterocycles. The zero-order chi connectivity index (χ0) is 8.10. The van der Waals surface area contributed by atoms with Gasteiger partial charge in [-0.1, -0.05) is 0 Å². The van der Waals surface area contributed by atoms with E-state index in [9.17, 15) is 4.79 Å². The summed E-state index contributed by atoms with van der Waals surface area (Å²) >= 11 is 0. The van der Waals surface area contributed by atoms with Crippen molar-refractivity contribution in [1.29, 1.82) is 0 Å². The van der Waals surface area contributed by atoms with E-state index in [4.69, 9.17) is 4.74 Å². The van der Waals surface area contributed by atoms with E-state index < -0.39 is 0 Å². The third-order valence-electron chi connectivity index (χ3n) is 1.59. The van der Waals surface area contributed by atoms with Gasteiger partial charge in [0.2, 0.25) is 5.91 Å². The van der Waals surface area contributed by atoms with Crippen molar-refractivity contribution in [3.63, 3.8) is 0 Å². The third kappa shape index (κ3) is 2.48. The number of nitrogens with one attached hydrogen (secondary N) is 2. The fraction of sp³-hybridized carbons (Fsp3) is 0.857. The molecule has 1 aliphatic rings. The van der Waals surface area contributed by atoms with E-state index in [1.54, 1.807) is 0 Å². The lowest BCUT2D eigenvalue weighted by atomic mass is 10.2. The molecule has 2 N–H and O–H groups in total. The average Bonchev–Trinajstić information content (AvgIpc) is 2.07. The predicted molar refractivity (Wildman–Crippen MR) is 41.3 cm³/mol. The van der Waals surface area contributed by atoms with Crippen LogP contribution in [0.1, 0.15) is 6.92 Å². The molecule has 4 nitrogen and oxygen atoms in total. The molecule has 1 saturated heterocycles. The zero-order valence-corrected chi connectivity index (χ0v) is 6.72. The Kier molecular flexibility index (Phi) is 3.32. The minimum Gasteiger partial charge on any atom is -0.378 e. The molecule has 4 heteroatoms. The van der Waals surface area contributed by atoms with E-state index in [0.717, 1.165) is 6.54 Å². The molecule has 0 aromatic carbocycles. The predicted octanol–water partition coefficient (Wildman–Crippen LogP) is -0.889. The highest BCUT2D eigenvalue weighted by Crippen LogP contribution is 1.91. The van der Waals surface area contributed by atoms with Crippen LogP contribution in [-0.2, 0) is 9.53 Å². The zero-order valence-electron chi connectivity index (χ0n) is 6.72. The lowest BCUT2D eigenvalue weighted by Gasteiger charge is -2.22. The number of rotatable bonds is 2. The second-order valence-corrected chi connectivity index (χ2v) is 2.48. The number of hydrogen-bond donors (Lipinski definition) is 2. The fourth-order valence-electron chi connectivity index (χ4n) is 1.03. The molecule has 1 fully saturated rings. The van der Waals surface area contributed by atoms with Crippen molar-refractivity contribution < 1.29 is 9.53 Å². The van der Waals surface area contributed by atoms with E-state index in [1.165, 1.54) is 0 Å². The van der Waals surface area contributed by atoms with Crippen LogP contribution < -0.4 is 10.6 Å². The SMILES string of the molecule is CCNC(=O)C1COCCN1. The van der Waals surface area contributed by atoms with Crippen LogP contribution in [0.3, 0.4) is 0 Å². The summed E-state index contributed by atoms with van der Waals surface area (Å²) in [4.78, 5) is 11.1. The van der Waals surface area contributed by atoms with Crippen molar-refractivity contribution in [3.8, 4) is 0 Å². The van der Waals surface area contributed by atoms with Gasteiger partial charge in [0.05, 0.1) is 13.2 Å². The minimum atomic E-state index is -0.149. The number of hydrogen-bond acceptors (Lipinski definition) is 3. The normalized spacial score (nSPS) is 24.6. The van der Waals surface area contributed by atoms with Crippen LogP contribution >= 0.6 is 0 Å². The molecule has 1 aliphatic heterocycles. The van der Waals surface area contributed by atoms with Crippen LogP contribution in [0.15, 0.2) is 0 Å². The minimum absolute atomic E-state index is 0.0344. The standard InChI is InChI=1S/C7H14N2O2/c1-2-8-7(10)6-5-11-4-3-9-6/h6,9H,2-5H2,1H3,(H,8,10). The van der Waals surface area contributed by atoms with Gasteiger partial charge >= 0.3 is 0 Å². The molecule has 1 unspecified atom stereocenters. The number of likely N-dealkylation sites (N-methyl/N-ethyl adjacent to an activating group) is 1. The van der Waals surface area contributed by atoms with Crippen molar-refractivity contribution in [2.45, 2.75) is 13.0 Å². The highest BCUT2D eigenvalue weighted by atomic mass is 16.5. The quantitative estimate of drug-likeness (QED) is 0.548. The Hall–Kier alpha value is -0.610. The van der Waals surface area contributed by atoms with Crippen LogP contribution in [0.25, 0.3) is 0 Å². The smallest absolute Gasteiger partial charge is 0.239 e. The van der Waals surface area contributed by atoms with E-state index in [1.807, 2.05) is 6.92 Å². The lowest BCUT2D eigenvalue weighted by molar-refractivity contribution is -0.125. The van der Waals surface area contributed by atoms with Crippen LogP contribution in [0, 0.1) is 0 Å². The van der Waals surface area contributed by atoms with Gasteiger partial charge in [-0.05, 0) is 6.92 Å². The topological polar surface area (TPSA) is 50.4 Å². The summed E-state index contributed by atoms with van der Waals surface area (Å²) in [5.41, 5.74) is 0. The van der Waals surface area contributed by atoms with Gasteiger partial charge in [-0.25, -0.2) is 0 Å². The van der Waals surface area contributed by atoms with Gasteiger partial charge in [-0.3, -0.25) is 4.79 Å². The summed E-state index contributed by atoms with van der Waals surface area (Å²) in [5, 5.41) is 5.80. The first-order valence-electron chi connectivity index (χ1n) is 3.93. The molecular weight excluding hydrogens is 144 g/mol. The molecule has 0 saturated carbocycles. The van der Waals surface area contributed by atoms with Gasteiger partial charge < -0.3 is 15.4 Å². The Labute approximate surface area is 66.3 Å². The van der Waals surface area contributed by atoms with Crippen molar-refractivity contribution in [3.05, 3.63) is 0 Å². The third-order valence-corrected chi connectivity index (χ3v) is 1.59. The molecule has 0 spiro atoms. The van der Waals surface area contributed by atoms with Crippen LogP contribution in [-0.4, -0.2) is 38.3 Å². The lowest BCUT2D eigenvalue weighted by Crippen LogP contribution is -2.51. The van der Waals surface area contributed by atoms with Gasteiger partial charge in [0.1, 0.15) is 6.04 Å². The molecule has 1 amide bonds. The number of carbonyl (C=O) groups is 1. The first-order chi connectivity index (χ1) is 5.34. The second-order valence-electron chi connectivity index (χ2n) is 2.48. The summed E-state index contributed by atoms with van der Waals surface area (Å²) < 4.78 is 5.13. The Morgan fingerprint density at radius 1 is 1.82 bits per heavy atom. The molecule has 1 atom stereocenters. The Morgan fingerprint density at radius 3 is 3.18 bits per heavy atom. The first kappa shape index (κ1) is 8.49. The van der Waals surface area contributed by atoms with Crippen molar-refractivity contribution in [2.24, 2.45) is 0 Å². The Balaban J connectivity index is 2.27. The van der Waals surface area contributed by atoms with Gasteiger partial charge in [0.15, 0.2) is 0 Å². The Morgan fingerprint density at radius 2 is 2.64 bits per heavy atom. The molecule has 0 aliphatic carbocycles. The van der Waals surface area contributed by atoms with Gasteiger partial charge in [0, 0.05) is 13.1 Å². The Bertz CT molecular complexity index is 132. The van der Waals surface area contributed by atoms with E-state index in [-0.39, 0.29) is 11.9 Å². The van der Waals surface area contributed by atoms with Crippen molar-refractivity contribution in [2.75, 3.05) is 26.3 Å². The second kappa shape index (κ2) is 4.31. The maximum atomic E-state index is 11.1. The average molecular weight is 158 g/mol. The van der Waals surface area contributed by atoms with Gasteiger partial charge in [-0.15, -0.1) is 0 Å². The summed E-state index contributed by atoms with van der Waals surface area (Å²) in [6.07, 6.45) is 0. The van der Waals surface area contributed by atoms with Crippen molar-refractivity contribution in [1.82, 2.24) is 10.6 Å². The number of carbonyl (C=O) groups excluding carboxylic acids is 1. The van der Waals surface area contributed by atoms with Gasteiger partial charge in [-0.2, -0.15) is 0 Å². The monoisotopic (exact) mass is 158 g/mol. The molecule has 1 rings (SSSR count). The summed E-state index contributed by atoms with van der Waals surface area (Å²) in [6.45, 7) is 4.54. The summed E-state index contributed by atoms with van der Waals surface area (Å²) in [5.74, 6) is 0.0344. The van der Waals surface area contributed by atoms with Crippen LogP contribution in [0.2, 0.25) is 0 Å². The van der Waals surface area contributed by atoms with E-state index >= 15 is 0 Å². The van der Waals surface area contributed by atoms with Crippen molar-refractivity contribution >= 4 is 5.91 Å². The van der Waals surface area contributed by atoms with Crippen LogP contribution in [0.4, 0.5) is 0 Å². The molecule has 0 bridgehead atoms. The molecule has 0 aromatic heterocycles. The number of ether oxygens (including phenoxy) is 1. The largest absolute Gasteiger partial charge is 0.378 e. The van der Waals surface area contributed by atoms with E-state index in [0.29, 0.717) is 19.8 Å². The summed E-state index contributed by atoms with van der Waals surface area (Å²) in [7, 11) is 0. The molecule has 11 heavy (non-hydrogen) atoms. The van der Waals surface area contributed by atoms with Gasteiger partial charge in [0.25, 0.3) is 0 Å². The maximum Gasteiger partial charge on any atom is 0.239 e.